The van der Waals surface area contributed by atoms with Crippen LogP contribution in [0.15, 0.2) is 231 Å². The summed E-state index contributed by atoms with van der Waals surface area (Å²) in [4.78, 5) is 21.2. The SMILES string of the molecule is c1ccc(-c2cccc(-c3cccc(-c4nc(-c5ccccc5)nc(-n5c6ccccc6c6ccc7c8ccccc8n(-c8ccc9c%10ccccc%10c%10ccccc%10c9c8)c7c65)n4)c3)n2)cc1. The van der Waals surface area contributed by atoms with E-state index >= 15 is 0 Å². The lowest BCUT2D eigenvalue weighted by molar-refractivity contribution is 0.953. The van der Waals surface area contributed by atoms with Gasteiger partial charge in [-0.2, -0.15) is 9.97 Å². The van der Waals surface area contributed by atoms with E-state index in [1.165, 1.54) is 37.7 Å². The summed E-state index contributed by atoms with van der Waals surface area (Å²) in [5.74, 6) is 1.70. The molecule has 68 heavy (non-hydrogen) atoms. The molecule has 0 atom stereocenters. The first-order chi connectivity index (χ1) is 33.7. The minimum atomic E-state index is 0.537. The van der Waals surface area contributed by atoms with Crippen LogP contribution in [0.5, 0.6) is 0 Å². The highest BCUT2D eigenvalue weighted by Gasteiger charge is 2.24. The molecule has 4 heterocycles. The van der Waals surface area contributed by atoms with Gasteiger partial charge in [-0.1, -0.05) is 188 Å². The number of aromatic nitrogens is 6. The highest BCUT2D eigenvalue weighted by Crippen LogP contribution is 2.43. The normalized spacial score (nSPS) is 11.8. The number of para-hydroxylation sites is 2. The van der Waals surface area contributed by atoms with Crippen molar-refractivity contribution in [2.45, 2.75) is 0 Å². The van der Waals surface area contributed by atoms with Gasteiger partial charge in [-0.15, -0.1) is 0 Å². The fourth-order valence-corrected chi connectivity index (χ4v) is 10.5. The average molecular weight is 867 g/mol. The highest BCUT2D eigenvalue weighted by atomic mass is 15.2. The molecule has 10 aromatic carbocycles. The Bertz CT molecular complexity index is 4290. The van der Waals surface area contributed by atoms with E-state index in [2.05, 4.69) is 203 Å². The summed E-state index contributed by atoms with van der Waals surface area (Å²) in [6.07, 6.45) is 0. The van der Waals surface area contributed by atoms with Gasteiger partial charge in [-0.3, -0.25) is 4.57 Å². The van der Waals surface area contributed by atoms with Gasteiger partial charge in [0.15, 0.2) is 11.6 Å². The quantitative estimate of drug-likeness (QED) is 0.156. The number of hydrogen-bond donors (Lipinski definition) is 0. The Balaban J connectivity index is 1.05. The van der Waals surface area contributed by atoms with E-state index in [0.717, 1.165) is 77.6 Å². The van der Waals surface area contributed by atoms with Crippen LogP contribution < -0.4 is 0 Å². The van der Waals surface area contributed by atoms with Crippen molar-refractivity contribution < 1.29 is 0 Å². The maximum Gasteiger partial charge on any atom is 0.238 e. The molecule has 0 aliphatic rings. The smallest absolute Gasteiger partial charge is 0.238 e. The fourth-order valence-electron chi connectivity index (χ4n) is 10.5. The topological polar surface area (TPSA) is 61.4 Å². The number of nitrogens with zero attached hydrogens (tertiary/aromatic N) is 6. The monoisotopic (exact) mass is 866 g/mol. The highest BCUT2D eigenvalue weighted by molar-refractivity contribution is 6.27. The van der Waals surface area contributed by atoms with Gasteiger partial charge in [0.05, 0.1) is 33.5 Å². The van der Waals surface area contributed by atoms with Crippen LogP contribution in [0.2, 0.25) is 0 Å². The molecule has 6 nitrogen and oxygen atoms in total. The lowest BCUT2D eigenvalue weighted by Crippen LogP contribution is -2.07. The number of benzene rings is 10. The third kappa shape index (κ3) is 5.91. The van der Waals surface area contributed by atoms with Crippen LogP contribution in [0.25, 0.3) is 133 Å². The molecule has 14 rings (SSSR count). The minimum Gasteiger partial charge on any atom is -0.307 e. The Kier molecular flexibility index (Phi) is 8.48. The number of hydrogen-bond acceptors (Lipinski definition) is 4. The first-order valence-electron chi connectivity index (χ1n) is 23.0. The fraction of sp³-hybridized carbons (Fsp3) is 0. The van der Waals surface area contributed by atoms with Gasteiger partial charge in [-0.05, 0) is 74.8 Å². The largest absolute Gasteiger partial charge is 0.307 e. The Labute approximate surface area is 390 Å². The standard InChI is InChI=1S/C62H38N6/c1-3-17-39(18-4-1)54-29-16-30-55(63-54)41-21-15-22-42(37-41)61-64-60(40-19-5-2-6-20-40)65-62(66-61)68-57-32-14-12-28-50(57)52-36-35-51-49-27-11-13-31-56(49)67(58(51)59(52)68)43-33-34-48-46-25-8-7-23-44(46)45-24-9-10-26-47(45)53(48)38-43/h1-38H. The van der Waals surface area contributed by atoms with Crippen LogP contribution in [0.1, 0.15) is 0 Å². The van der Waals surface area contributed by atoms with Crippen LogP contribution in [0.4, 0.5) is 0 Å². The van der Waals surface area contributed by atoms with Crippen molar-refractivity contribution in [2.75, 3.05) is 0 Å². The first-order valence-corrected chi connectivity index (χ1v) is 23.0. The van der Waals surface area contributed by atoms with Crippen LogP contribution in [0, 0.1) is 0 Å². The van der Waals surface area contributed by atoms with Crippen molar-refractivity contribution in [3.63, 3.8) is 0 Å². The molecule has 0 amide bonds. The summed E-state index contributed by atoms with van der Waals surface area (Å²) < 4.78 is 4.71. The second-order valence-electron chi connectivity index (χ2n) is 17.4. The molecule has 0 fully saturated rings. The predicted octanol–water partition coefficient (Wildman–Crippen LogP) is 15.6. The third-order valence-corrected chi connectivity index (χ3v) is 13.5. The zero-order valence-electron chi connectivity index (χ0n) is 36.6. The number of fused-ring (bicyclic) bond motifs is 13. The summed E-state index contributed by atoms with van der Waals surface area (Å²) in [7, 11) is 0. The molecular formula is C62H38N6. The van der Waals surface area contributed by atoms with Crippen molar-refractivity contribution in [3.8, 4) is 56.9 Å². The van der Waals surface area contributed by atoms with Crippen LogP contribution in [-0.2, 0) is 0 Å². The molecule has 0 unspecified atom stereocenters. The number of pyridine rings is 1. The van der Waals surface area contributed by atoms with E-state index < -0.39 is 0 Å². The van der Waals surface area contributed by atoms with Gasteiger partial charge < -0.3 is 4.57 Å². The van der Waals surface area contributed by atoms with E-state index in [0.29, 0.717) is 17.6 Å². The minimum absolute atomic E-state index is 0.537. The molecule has 316 valence electrons. The van der Waals surface area contributed by atoms with Gasteiger partial charge in [0, 0.05) is 49.5 Å². The van der Waals surface area contributed by atoms with Gasteiger partial charge in [-0.25, -0.2) is 9.97 Å². The van der Waals surface area contributed by atoms with Crippen LogP contribution in [0.3, 0.4) is 0 Å². The van der Waals surface area contributed by atoms with E-state index in [-0.39, 0.29) is 0 Å². The van der Waals surface area contributed by atoms with Crippen molar-refractivity contribution in [1.82, 2.24) is 29.1 Å². The Morgan fingerprint density at radius 3 is 1.34 bits per heavy atom. The zero-order valence-corrected chi connectivity index (χ0v) is 36.6. The van der Waals surface area contributed by atoms with Crippen LogP contribution in [-0.4, -0.2) is 29.1 Å². The summed E-state index contributed by atoms with van der Waals surface area (Å²) in [6, 6.07) is 81.5. The molecule has 14 aromatic rings. The molecule has 0 radical (unpaired) electrons. The average Bonchev–Trinajstić information content (AvgIpc) is 3.94. The molecule has 6 heteroatoms. The van der Waals surface area contributed by atoms with Gasteiger partial charge in [0.1, 0.15) is 0 Å². The third-order valence-electron chi connectivity index (χ3n) is 13.5. The summed E-state index contributed by atoms with van der Waals surface area (Å²) in [5, 5.41) is 12.0. The lowest BCUT2D eigenvalue weighted by Gasteiger charge is -2.15. The molecule has 0 saturated heterocycles. The molecule has 0 aliphatic heterocycles. The maximum atomic E-state index is 5.45. The molecule has 0 bridgehead atoms. The van der Waals surface area contributed by atoms with Crippen LogP contribution >= 0.6 is 0 Å². The molecular weight excluding hydrogens is 829 g/mol. The second-order valence-corrected chi connectivity index (χ2v) is 17.4. The van der Waals surface area contributed by atoms with Crippen molar-refractivity contribution in [2.24, 2.45) is 0 Å². The van der Waals surface area contributed by atoms with E-state index in [1.54, 1.807) is 0 Å². The molecule has 0 spiro atoms. The summed E-state index contributed by atoms with van der Waals surface area (Å²) in [6.45, 7) is 0. The summed E-state index contributed by atoms with van der Waals surface area (Å²) in [5.41, 5.74) is 10.9. The Morgan fingerprint density at radius 1 is 0.250 bits per heavy atom. The molecule has 0 saturated carbocycles. The molecule has 4 aromatic heterocycles. The van der Waals surface area contributed by atoms with E-state index in [4.69, 9.17) is 19.9 Å². The van der Waals surface area contributed by atoms with E-state index in [9.17, 15) is 0 Å². The Hall–Kier alpha value is -9.26. The van der Waals surface area contributed by atoms with Crippen molar-refractivity contribution in [1.29, 1.82) is 0 Å². The zero-order chi connectivity index (χ0) is 44.7. The second kappa shape index (κ2) is 15.2. The summed E-state index contributed by atoms with van der Waals surface area (Å²) >= 11 is 0. The predicted molar refractivity (Wildman–Crippen MR) is 281 cm³/mol. The number of rotatable bonds is 6. The van der Waals surface area contributed by atoms with Crippen molar-refractivity contribution in [3.05, 3.63) is 231 Å². The van der Waals surface area contributed by atoms with Gasteiger partial charge >= 0.3 is 0 Å². The Morgan fingerprint density at radius 2 is 0.691 bits per heavy atom. The van der Waals surface area contributed by atoms with Gasteiger partial charge in [0.2, 0.25) is 5.95 Å². The maximum absolute atomic E-state index is 5.45. The van der Waals surface area contributed by atoms with Gasteiger partial charge in [0.25, 0.3) is 0 Å². The molecule has 0 aliphatic carbocycles. The lowest BCUT2D eigenvalue weighted by atomic mass is 9.94. The van der Waals surface area contributed by atoms with Crippen molar-refractivity contribution >= 4 is 75.9 Å². The first kappa shape index (κ1) is 38.1. The molecule has 0 N–H and O–H groups in total. The van der Waals surface area contributed by atoms with E-state index in [1.807, 2.05) is 36.4 Å².